The van der Waals surface area contributed by atoms with Gasteiger partial charge in [-0.25, -0.2) is 0 Å². The Bertz CT molecular complexity index is 693. The van der Waals surface area contributed by atoms with Crippen molar-refractivity contribution < 1.29 is 14.4 Å². The van der Waals surface area contributed by atoms with E-state index < -0.39 is 5.41 Å². The number of thioether (sulfide) groups is 1. The van der Waals surface area contributed by atoms with E-state index in [0.29, 0.717) is 15.7 Å². The van der Waals surface area contributed by atoms with E-state index in [1.807, 2.05) is 20.8 Å². The maximum atomic E-state index is 12.2. The lowest BCUT2D eigenvalue weighted by molar-refractivity contribution is -0.129. The number of nitrogens with zero attached hydrogens (tertiary/aromatic N) is 1. The van der Waals surface area contributed by atoms with Crippen LogP contribution in [0.2, 0.25) is 5.02 Å². The first-order valence-electron chi connectivity index (χ1n) is 7.41. The maximum absolute atomic E-state index is 12.2. The first-order valence-corrected chi connectivity index (χ1v) is 8.78. The van der Waals surface area contributed by atoms with E-state index >= 15 is 0 Å². The number of benzene rings is 1. The zero-order valence-corrected chi connectivity index (χ0v) is 15.3. The normalized spacial score (nSPS) is 16.6. The third kappa shape index (κ3) is 4.85. The molecule has 1 N–H and O–H groups in total. The van der Waals surface area contributed by atoms with Gasteiger partial charge in [-0.3, -0.25) is 19.3 Å². The minimum atomic E-state index is -0.531. The lowest BCUT2D eigenvalue weighted by atomic mass is 9.91. The van der Waals surface area contributed by atoms with Crippen molar-refractivity contribution in [1.29, 1.82) is 0 Å². The number of hydrogen-bond donors (Lipinski definition) is 1. The van der Waals surface area contributed by atoms with Crippen LogP contribution < -0.4 is 5.32 Å². The van der Waals surface area contributed by atoms with E-state index in [-0.39, 0.29) is 29.9 Å². The average molecular weight is 367 g/mol. The Hall–Kier alpha value is -1.79. The number of hydrogen-bond acceptors (Lipinski definition) is 4. The molecule has 1 fully saturated rings. The molecule has 0 saturated carbocycles. The highest BCUT2D eigenvalue weighted by molar-refractivity contribution is 8.04. The molecule has 128 valence electrons. The van der Waals surface area contributed by atoms with Gasteiger partial charge in [0.15, 0.2) is 5.78 Å². The zero-order chi connectivity index (χ0) is 17.9. The molecule has 2 amide bonds. The highest BCUT2D eigenvalue weighted by Crippen LogP contribution is 2.30. The molecule has 1 saturated heterocycles. The molecule has 0 spiro atoms. The molecule has 2 rings (SSSR count). The molecule has 0 aromatic heterocycles. The molecule has 0 bridgehead atoms. The molecule has 1 heterocycles. The summed E-state index contributed by atoms with van der Waals surface area (Å²) in [6.07, 6.45) is 1.45. The van der Waals surface area contributed by atoms with Crippen molar-refractivity contribution in [2.75, 3.05) is 17.6 Å². The monoisotopic (exact) mass is 366 g/mol. The molecular formula is C17H19ClN2O3S. The van der Waals surface area contributed by atoms with Crippen LogP contribution in [0.3, 0.4) is 0 Å². The highest BCUT2D eigenvalue weighted by atomic mass is 35.5. The Labute approximate surface area is 150 Å². The molecule has 1 aliphatic heterocycles. The molecule has 5 nitrogen and oxygen atoms in total. The van der Waals surface area contributed by atoms with Crippen molar-refractivity contribution in [2.45, 2.75) is 20.8 Å². The summed E-state index contributed by atoms with van der Waals surface area (Å²) in [6, 6.07) is 6.70. The van der Waals surface area contributed by atoms with Gasteiger partial charge >= 0.3 is 0 Å². The number of halogens is 1. The van der Waals surface area contributed by atoms with E-state index in [0.717, 1.165) is 0 Å². The van der Waals surface area contributed by atoms with Crippen molar-refractivity contribution in [2.24, 2.45) is 5.41 Å². The fourth-order valence-electron chi connectivity index (χ4n) is 1.91. The molecular weight excluding hydrogens is 348 g/mol. The lowest BCUT2D eigenvalue weighted by Gasteiger charge is -2.19. The molecule has 0 aliphatic carbocycles. The summed E-state index contributed by atoms with van der Waals surface area (Å²) in [5, 5.41) is 3.80. The van der Waals surface area contributed by atoms with Crippen LogP contribution >= 0.6 is 23.4 Å². The van der Waals surface area contributed by atoms with Crippen LogP contribution in [0.25, 0.3) is 0 Å². The Balaban J connectivity index is 2.06. The van der Waals surface area contributed by atoms with Gasteiger partial charge in [-0.2, -0.15) is 0 Å². The molecule has 0 radical (unpaired) electrons. The Morgan fingerprint density at radius 1 is 1.29 bits per heavy atom. The van der Waals surface area contributed by atoms with Gasteiger partial charge in [0.25, 0.3) is 0 Å². The van der Waals surface area contributed by atoms with Gasteiger partial charge in [0, 0.05) is 22.2 Å². The Morgan fingerprint density at radius 3 is 2.50 bits per heavy atom. The molecule has 7 heteroatoms. The van der Waals surface area contributed by atoms with Crippen LogP contribution in [0.1, 0.15) is 20.8 Å². The van der Waals surface area contributed by atoms with E-state index in [9.17, 15) is 14.4 Å². The number of rotatable bonds is 4. The summed E-state index contributed by atoms with van der Waals surface area (Å²) >= 11 is 7.07. The van der Waals surface area contributed by atoms with Crippen LogP contribution in [-0.2, 0) is 14.4 Å². The second kappa shape index (κ2) is 7.40. The van der Waals surface area contributed by atoms with Crippen LogP contribution in [0, 0.1) is 5.41 Å². The van der Waals surface area contributed by atoms with E-state index in [2.05, 4.69) is 5.32 Å². The van der Waals surface area contributed by atoms with Gasteiger partial charge in [-0.05, 0) is 24.3 Å². The molecule has 0 atom stereocenters. The number of allylic oxidation sites excluding steroid dienone is 1. The number of amides is 2. The number of nitrogens with one attached hydrogen (secondary N) is 1. The predicted octanol–water partition coefficient (Wildman–Crippen LogP) is 3.31. The third-order valence-electron chi connectivity index (χ3n) is 3.33. The summed E-state index contributed by atoms with van der Waals surface area (Å²) in [5.41, 5.74) is 0.0659. The van der Waals surface area contributed by atoms with Crippen molar-refractivity contribution in [1.82, 2.24) is 4.90 Å². The van der Waals surface area contributed by atoms with Gasteiger partial charge in [0.1, 0.15) is 6.54 Å². The van der Waals surface area contributed by atoms with E-state index in [1.165, 1.54) is 22.7 Å². The second-order valence-corrected chi connectivity index (χ2v) is 7.85. The summed E-state index contributed by atoms with van der Waals surface area (Å²) in [7, 11) is 0. The van der Waals surface area contributed by atoms with Crippen molar-refractivity contribution in [3.63, 3.8) is 0 Å². The van der Waals surface area contributed by atoms with E-state index in [1.54, 1.807) is 24.3 Å². The predicted molar refractivity (Wildman–Crippen MR) is 96.8 cm³/mol. The lowest BCUT2D eigenvalue weighted by Crippen LogP contribution is -2.34. The van der Waals surface area contributed by atoms with Crippen LogP contribution in [-0.4, -0.2) is 34.8 Å². The second-order valence-electron chi connectivity index (χ2n) is 6.42. The first-order chi connectivity index (χ1) is 11.2. The minimum Gasteiger partial charge on any atom is -0.325 e. The topological polar surface area (TPSA) is 66.5 Å². The molecule has 1 aromatic carbocycles. The fraction of sp³-hybridized carbons (Fsp3) is 0.353. The van der Waals surface area contributed by atoms with Gasteiger partial charge in [-0.15, -0.1) is 0 Å². The number of carbonyl (C=O) groups is 3. The van der Waals surface area contributed by atoms with E-state index in [4.69, 9.17) is 11.6 Å². The largest absolute Gasteiger partial charge is 0.325 e. The van der Waals surface area contributed by atoms with Crippen molar-refractivity contribution in [3.8, 4) is 0 Å². The molecule has 0 unspecified atom stereocenters. The fourth-order valence-corrected chi connectivity index (χ4v) is 2.97. The van der Waals surface area contributed by atoms with Gasteiger partial charge in [0.2, 0.25) is 11.8 Å². The standard InChI is InChI=1S/C17H19ClN2O3S/c1-17(2,3)13(21)8-16-20(15(23)10-24-16)9-14(22)19-12-6-4-11(18)5-7-12/h4-8H,9-10H2,1-3H3,(H,19,22)/b16-8-. The minimum absolute atomic E-state index is 0.0807. The first kappa shape index (κ1) is 18.5. The van der Waals surface area contributed by atoms with Crippen molar-refractivity contribution >= 4 is 46.6 Å². The average Bonchev–Trinajstić information content (AvgIpc) is 2.81. The van der Waals surface area contributed by atoms with Gasteiger partial charge < -0.3 is 5.32 Å². The summed E-state index contributed by atoms with van der Waals surface area (Å²) < 4.78 is 0. The summed E-state index contributed by atoms with van der Waals surface area (Å²) in [6.45, 7) is 5.31. The molecule has 1 aromatic rings. The number of anilines is 1. The summed E-state index contributed by atoms with van der Waals surface area (Å²) in [4.78, 5) is 37.7. The SMILES string of the molecule is CC(C)(C)C(=O)/C=C1\SCC(=O)N1CC(=O)Nc1ccc(Cl)cc1. The van der Waals surface area contributed by atoms with Crippen molar-refractivity contribution in [3.05, 3.63) is 40.4 Å². The molecule has 1 aliphatic rings. The zero-order valence-electron chi connectivity index (χ0n) is 13.8. The summed E-state index contributed by atoms with van der Waals surface area (Å²) in [5.74, 6) is -0.360. The Morgan fingerprint density at radius 2 is 1.92 bits per heavy atom. The van der Waals surface area contributed by atoms with Gasteiger partial charge in [-0.1, -0.05) is 44.1 Å². The van der Waals surface area contributed by atoms with Crippen LogP contribution in [0.5, 0.6) is 0 Å². The Kier molecular flexibility index (Phi) is 5.72. The quantitative estimate of drug-likeness (QED) is 0.830. The maximum Gasteiger partial charge on any atom is 0.244 e. The van der Waals surface area contributed by atoms with Gasteiger partial charge in [0.05, 0.1) is 10.8 Å². The third-order valence-corrected chi connectivity index (χ3v) is 4.61. The number of ketones is 1. The smallest absolute Gasteiger partial charge is 0.244 e. The van der Waals surface area contributed by atoms with Crippen LogP contribution in [0.4, 0.5) is 5.69 Å². The molecule has 24 heavy (non-hydrogen) atoms. The number of carbonyl (C=O) groups excluding carboxylic acids is 3. The van der Waals surface area contributed by atoms with Crippen LogP contribution in [0.15, 0.2) is 35.4 Å². The highest BCUT2D eigenvalue weighted by Gasteiger charge is 2.30.